The molecule has 0 unspecified atom stereocenters. The second-order valence-electron chi connectivity index (χ2n) is 5.08. The Morgan fingerprint density at radius 2 is 1.85 bits per heavy atom. The lowest BCUT2D eigenvalue weighted by molar-refractivity contribution is 0.0954. The average molecular weight is 379 g/mol. The summed E-state index contributed by atoms with van der Waals surface area (Å²) in [6.45, 7) is 2.16. The fourth-order valence-corrected chi connectivity index (χ4v) is 2.32. The third-order valence-corrected chi connectivity index (χ3v) is 3.63. The number of carbonyl (C=O) groups is 1. The molecule has 0 saturated carbocycles. The molecule has 2 aromatic rings. The van der Waals surface area contributed by atoms with E-state index in [1.54, 1.807) is 31.2 Å². The number of phenolic OH excluding ortho intramolecular Hbond substituents is 1. The fourth-order valence-electron chi connectivity index (χ4n) is 2.10. The summed E-state index contributed by atoms with van der Waals surface area (Å²) >= 11 is 5.95. The quantitative estimate of drug-likeness (QED) is 0.570. The standard InChI is InChI=1S/C18H19ClN2O5/c1-4-26-16-6-11(5-15(19)17(16)22)10-20-21-18(23)12-7-13(24-2)9-14(8-12)25-3/h5-10,22H,4H2,1-3H3,(H,21,23)/b20-10-. The van der Waals surface area contributed by atoms with E-state index in [1.807, 2.05) is 0 Å². The number of nitrogens with one attached hydrogen (secondary N) is 1. The minimum Gasteiger partial charge on any atom is -0.503 e. The van der Waals surface area contributed by atoms with Gasteiger partial charge in [0.1, 0.15) is 11.5 Å². The molecule has 0 aliphatic carbocycles. The Bertz CT molecular complexity index is 801. The van der Waals surface area contributed by atoms with Gasteiger partial charge in [0.05, 0.1) is 32.1 Å². The van der Waals surface area contributed by atoms with E-state index in [1.165, 1.54) is 26.5 Å². The first kappa shape index (κ1) is 19.4. The number of hydrazone groups is 1. The van der Waals surface area contributed by atoms with Crippen molar-refractivity contribution in [1.82, 2.24) is 5.43 Å². The Hall–Kier alpha value is -2.93. The Balaban J connectivity index is 2.14. The smallest absolute Gasteiger partial charge is 0.271 e. The Kier molecular flexibility index (Phi) is 6.68. The van der Waals surface area contributed by atoms with Crippen LogP contribution in [0.3, 0.4) is 0 Å². The molecule has 0 fully saturated rings. The van der Waals surface area contributed by atoms with Crippen LogP contribution in [0, 0.1) is 0 Å². The number of hydrogen-bond acceptors (Lipinski definition) is 6. The Labute approximate surface area is 156 Å². The van der Waals surface area contributed by atoms with Gasteiger partial charge in [-0.05, 0) is 36.8 Å². The number of phenols is 1. The highest BCUT2D eigenvalue weighted by Gasteiger charge is 2.10. The van der Waals surface area contributed by atoms with Crippen LogP contribution >= 0.6 is 11.6 Å². The highest BCUT2D eigenvalue weighted by molar-refractivity contribution is 6.32. The SMILES string of the molecule is CCOc1cc(/C=N\NC(=O)c2cc(OC)cc(OC)c2)cc(Cl)c1O. The third kappa shape index (κ3) is 4.80. The second kappa shape index (κ2) is 8.96. The molecule has 8 heteroatoms. The van der Waals surface area contributed by atoms with Crippen LogP contribution in [0.15, 0.2) is 35.4 Å². The molecule has 0 atom stereocenters. The van der Waals surface area contributed by atoms with Gasteiger partial charge in [0.15, 0.2) is 11.5 Å². The molecule has 0 spiro atoms. The highest BCUT2D eigenvalue weighted by atomic mass is 35.5. The maximum Gasteiger partial charge on any atom is 0.271 e. The van der Waals surface area contributed by atoms with Crippen molar-refractivity contribution in [3.05, 3.63) is 46.5 Å². The van der Waals surface area contributed by atoms with Crippen LogP contribution in [0.1, 0.15) is 22.8 Å². The van der Waals surface area contributed by atoms with Crippen molar-refractivity contribution in [1.29, 1.82) is 0 Å². The molecule has 2 N–H and O–H groups in total. The number of halogens is 1. The van der Waals surface area contributed by atoms with E-state index >= 15 is 0 Å². The molecule has 0 aliphatic heterocycles. The van der Waals surface area contributed by atoms with E-state index in [0.29, 0.717) is 29.2 Å². The number of amides is 1. The molecule has 1 amide bonds. The average Bonchev–Trinajstić information content (AvgIpc) is 2.65. The molecule has 0 bridgehead atoms. The number of methoxy groups -OCH3 is 2. The summed E-state index contributed by atoms with van der Waals surface area (Å²) in [5.74, 6) is 0.646. The molecule has 2 rings (SSSR count). The zero-order valence-corrected chi connectivity index (χ0v) is 15.3. The van der Waals surface area contributed by atoms with Crippen molar-refractivity contribution in [2.24, 2.45) is 5.10 Å². The Morgan fingerprint density at radius 3 is 2.42 bits per heavy atom. The molecule has 0 radical (unpaired) electrons. The van der Waals surface area contributed by atoms with E-state index in [2.05, 4.69) is 10.5 Å². The van der Waals surface area contributed by atoms with Gasteiger partial charge in [0, 0.05) is 11.6 Å². The van der Waals surface area contributed by atoms with Gasteiger partial charge in [0.25, 0.3) is 5.91 Å². The molecule has 0 heterocycles. The van der Waals surface area contributed by atoms with Crippen LogP contribution in [-0.4, -0.2) is 38.1 Å². The van der Waals surface area contributed by atoms with Crippen LogP contribution in [0.5, 0.6) is 23.0 Å². The molecule has 0 saturated heterocycles. The van der Waals surface area contributed by atoms with E-state index < -0.39 is 5.91 Å². The van der Waals surface area contributed by atoms with Crippen molar-refractivity contribution in [3.63, 3.8) is 0 Å². The van der Waals surface area contributed by atoms with Crippen LogP contribution in [0.2, 0.25) is 5.02 Å². The van der Waals surface area contributed by atoms with Crippen LogP contribution in [0.4, 0.5) is 0 Å². The maximum absolute atomic E-state index is 12.2. The van der Waals surface area contributed by atoms with Gasteiger partial charge in [0.2, 0.25) is 0 Å². The lowest BCUT2D eigenvalue weighted by Gasteiger charge is -2.08. The number of hydrogen-bond donors (Lipinski definition) is 2. The number of ether oxygens (including phenoxy) is 3. The third-order valence-electron chi connectivity index (χ3n) is 3.34. The van der Waals surface area contributed by atoms with E-state index in [0.717, 1.165) is 0 Å². The zero-order valence-electron chi connectivity index (χ0n) is 14.6. The Morgan fingerprint density at radius 1 is 1.19 bits per heavy atom. The molecule has 0 aromatic heterocycles. The molecule has 2 aromatic carbocycles. The summed E-state index contributed by atoms with van der Waals surface area (Å²) in [6.07, 6.45) is 1.39. The molecule has 0 aliphatic rings. The lowest BCUT2D eigenvalue weighted by Crippen LogP contribution is -2.17. The zero-order chi connectivity index (χ0) is 19.1. The van der Waals surface area contributed by atoms with Gasteiger partial charge >= 0.3 is 0 Å². The lowest BCUT2D eigenvalue weighted by atomic mass is 10.2. The topological polar surface area (TPSA) is 89.4 Å². The van der Waals surface area contributed by atoms with Gasteiger partial charge in [-0.15, -0.1) is 0 Å². The predicted octanol–water partition coefficient (Wildman–Crippen LogP) is 3.23. The number of nitrogens with zero attached hydrogens (tertiary/aromatic N) is 1. The molecule has 26 heavy (non-hydrogen) atoms. The molecular weight excluding hydrogens is 360 g/mol. The van der Waals surface area contributed by atoms with Gasteiger partial charge in [-0.2, -0.15) is 5.10 Å². The summed E-state index contributed by atoms with van der Waals surface area (Å²) in [4.78, 5) is 12.2. The second-order valence-corrected chi connectivity index (χ2v) is 5.49. The van der Waals surface area contributed by atoms with Crippen molar-refractivity contribution >= 4 is 23.7 Å². The summed E-state index contributed by atoms with van der Waals surface area (Å²) < 4.78 is 15.6. The van der Waals surface area contributed by atoms with Crippen LogP contribution < -0.4 is 19.6 Å². The number of carbonyl (C=O) groups excluding carboxylic acids is 1. The molecule has 7 nitrogen and oxygen atoms in total. The maximum atomic E-state index is 12.2. The largest absolute Gasteiger partial charge is 0.503 e. The van der Waals surface area contributed by atoms with Crippen molar-refractivity contribution in [2.75, 3.05) is 20.8 Å². The predicted molar refractivity (Wildman–Crippen MR) is 98.9 cm³/mol. The van der Waals surface area contributed by atoms with E-state index in [9.17, 15) is 9.90 Å². The fraction of sp³-hybridized carbons (Fsp3) is 0.222. The van der Waals surface area contributed by atoms with Crippen LogP contribution in [0.25, 0.3) is 0 Å². The van der Waals surface area contributed by atoms with Crippen molar-refractivity contribution in [2.45, 2.75) is 6.92 Å². The number of benzene rings is 2. The van der Waals surface area contributed by atoms with E-state index in [-0.39, 0.29) is 16.5 Å². The monoisotopic (exact) mass is 378 g/mol. The van der Waals surface area contributed by atoms with Gasteiger partial charge in [-0.25, -0.2) is 5.43 Å². The minimum atomic E-state index is -0.437. The number of rotatable bonds is 7. The van der Waals surface area contributed by atoms with E-state index in [4.69, 9.17) is 25.8 Å². The molecule has 138 valence electrons. The summed E-state index contributed by atoms with van der Waals surface area (Å²) in [5.41, 5.74) is 3.29. The summed E-state index contributed by atoms with van der Waals surface area (Å²) in [6, 6.07) is 7.86. The van der Waals surface area contributed by atoms with Gasteiger partial charge < -0.3 is 19.3 Å². The minimum absolute atomic E-state index is 0.126. The summed E-state index contributed by atoms with van der Waals surface area (Å²) in [5, 5.41) is 13.8. The first-order valence-corrected chi connectivity index (χ1v) is 8.08. The molecular formula is C18H19ClN2O5. The van der Waals surface area contributed by atoms with Gasteiger partial charge in [-0.1, -0.05) is 11.6 Å². The van der Waals surface area contributed by atoms with Crippen molar-refractivity contribution in [3.8, 4) is 23.0 Å². The number of aromatic hydroxyl groups is 1. The summed E-state index contributed by atoms with van der Waals surface area (Å²) in [7, 11) is 3.00. The van der Waals surface area contributed by atoms with Crippen molar-refractivity contribution < 1.29 is 24.1 Å². The first-order chi connectivity index (χ1) is 12.5. The van der Waals surface area contributed by atoms with Crippen LogP contribution in [-0.2, 0) is 0 Å². The highest BCUT2D eigenvalue weighted by Crippen LogP contribution is 2.34. The van der Waals surface area contributed by atoms with Gasteiger partial charge in [-0.3, -0.25) is 4.79 Å². The first-order valence-electron chi connectivity index (χ1n) is 7.70. The normalized spacial score (nSPS) is 10.6.